The molecular weight excluding hydrogens is 274 g/mol. The van der Waals surface area contributed by atoms with Crippen LogP contribution in [0.3, 0.4) is 0 Å². The molecule has 5 heteroatoms. The molecule has 0 saturated heterocycles. The van der Waals surface area contributed by atoms with Gasteiger partial charge in [0.25, 0.3) is 5.91 Å². The van der Waals surface area contributed by atoms with Gasteiger partial charge in [-0.3, -0.25) is 9.59 Å². The predicted octanol–water partition coefficient (Wildman–Crippen LogP) is 2.93. The maximum atomic E-state index is 12.4. The minimum atomic E-state index is -0.244. The molecule has 4 nitrogen and oxygen atoms in total. The summed E-state index contributed by atoms with van der Waals surface area (Å²) in [6.07, 6.45) is 0.940. The number of hydrogen-bond donors (Lipinski definition) is 0. The van der Waals surface area contributed by atoms with Gasteiger partial charge in [0.1, 0.15) is 0 Å². The van der Waals surface area contributed by atoms with Gasteiger partial charge < -0.3 is 9.64 Å². The van der Waals surface area contributed by atoms with E-state index in [0.717, 1.165) is 15.6 Å². The minimum absolute atomic E-state index is 0.00711. The van der Waals surface area contributed by atoms with Gasteiger partial charge in [0.2, 0.25) is 0 Å². The van der Waals surface area contributed by atoms with Gasteiger partial charge >= 0.3 is 5.97 Å². The number of benzene rings is 1. The van der Waals surface area contributed by atoms with Crippen LogP contribution in [0.25, 0.3) is 10.1 Å². The number of methoxy groups -OCH3 is 1. The number of amides is 1. The van der Waals surface area contributed by atoms with Gasteiger partial charge in [0.05, 0.1) is 12.7 Å². The molecule has 0 radical (unpaired) electrons. The Morgan fingerprint density at radius 1 is 1.30 bits per heavy atom. The second-order valence-corrected chi connectivity index (χ2v) is 5.46. The molecule has 0 spiro atoms. The highest BCUT2D eigenvalue weighted by Crippen LogP contribution is 2.26. The normalized spacial score (nSPS) is 10.5. The van der Waals surface area contributed by atoms with Crippen molar-refractivity contribution in [3.63, 3.8) is 0 Å². The number of carbonyl (C=O) groups excluding carboxylic acids is 2. The Morgan fingerprint density at radius 3 is 2.80 bits per heavy atom. The van der Waals surface area contributed by atoms with Crippen LogP contribution in [0.4, 0.5) is 0 Å². The average Bonchev–Trinajstić information content (AvgIpc) is 2.90. The standard InChI is InChI=1S/C15H17NO3S/c1-16(9-5-8-14(17)19-2)15(18)12-10-20-13-7-4-3-6-11(12)13/h3-4,6-7,10H,5,8-9H2,1-2H3. The molecule has 0 bridgehead atoms. The Kier molecular flexibility index (Phi) is 4.74. The van der Waals surface area contributed by atoms with Crippen LogP contribution in [0.15, 0.2) is 29.6 Å². The van der Waals surface area contributed by atoms with E-state index in [0.29, 0.717) is 19.4 Å². The molecular formula is C15H17NO3S. The molecule has 0 aliphatic carbocycles. The Hall–Kier alpha value is -1.88. The van der Waals surface area contributed by atoms with Crippen molar-refractivity contribution in [1.29, 1.82) is 0 Å². The number of esters is 1. The van der Waals surface area contributed by atoms with E-state index in [9.17, 15) is 9.59 Å². The third-order valence-corrected chi connectivity index (χ3v) is 4.12. The van der Waals surface area contributed by atoms with Crippen molar-refractivity contribution in [2.24, 2.45) is 0 Å². The van der Waals surface area contributed by atoms with Gasteiger partial charge in [-0.25, -0.2) is 0 Å². The average molecular weight is 291 g/mol. The summed E-state index contributed by atoms with van der Waals surface area (Å²) in [7, 11) is 3.13. The molecule has 0 N–H and O–H groups in total. The summed E-state index contributed by atoms with van der Waals surface area (Å²) >= 11 is 1.57. The number of fused-ring (bicyclic) bond motifs is 1. The van der Waals surface area contributed by atoms with Crippen LogP contribution in [-0.2, 0) is 9.53 Å². The smallest absolute Gasteiger partial charge is 0.305 e. The molecule has 1 heterocycles. The van der Waals surface area contributed by atoms with Gasteiger partial charge in [-0.05, 0) is 12.5 Å². The lowest BCUT2D eigenvalue weighted by Gasteiger charge is -2.16. The number of ether oxygens (including phenoxy) is 1. The molecule has 0 saturated carbocycles. The van der Waals surface area contributed by atoms with Crippen molar-refractivity contribution in [2.45, 2.75) is 12.8 Å². The van der Waals surface area contributed by atoms with Crippen LogP contribution in [-0.4, -0.2) is 37.5 Å². The molecule has 0 fully saturated rings. The second kappa shape index (κ2) is 6.52. The van der Waals surface area contributed by atoms with Crippen molar-refractivity contribution >= 4 is 33.3 Å². The fourth-order valence-electron chi connectivity index (χ4n) is 2.01. The number of carbonyl (C=O) groups is 2. The third-order valence-electron chi connectivity index (χ3n) is 3.16. The minimum Gasteiger partial charge on any atom is -0.469 e. The van der Waals surface area contributed by atoms with Crippen LogP contribution >= 0.6 is 11.3 Å². The second-order valence-electron chi connectivity index (χ2n) is 4.55. The first-order chi connectivity index (χ1) is 9.63. The van der Waals surface area contributed by atoms with E-state index in [4.69, 9.17) is 0 Å². The summed E-state index contributed by atoms with van der Waals surface area (Å²) < 4.78 is 5.69. The van der Waals surface area contributed by atoms with Crippen molar-refractivity contribution in [3.8, 4) is 0 Å². The Labute approximate surface area is 122 Å². The number of hydrogen-bond acceptors (Lipinski definition) is 4. The number of rotatable bonds is 5. The highest BCUT2D eigenvalue weighted by Gasteiger charge is 2.16. The Morgan fingerprint density at radius 2 is 2.05 bits per heavy atom. The molecule has 1 aromatic carbocycles. The van der Waals surface area contributed by atoms with Gasteiger partial charge in [-0.15, -0.1) is 11.3 Å². The van der Waals surface area contributed by atoms with Crippen molar-refractivity contribution in [2.75, 3.05) is 20.7 Å². The SMILES string of the molecule is COC(=O)CCCN(C)C(=O)c1csc2ccccc12. The van der Waals surface area contributed by atoms with Gasteiger partial charge in [-0.1, -0.05) is 18.2 Å². The zero-order chi connectivity index (χ0) is 14.5. The lowest BCUT2D eigenvalue weighted by molar-refractivity contribution is -0.140. The summed E-state index contributed by atoms with van der Waals surface area (Å²) in [6, 6.07) is 7.87. The van der Waals surface area contributed by atoms with Crippen molar-refractivity contribution < 1.29 is 14.3 Å². The number of nitrogens with zero attached hydrogens (tertiary/aromatic N) is 1. The van der Waals surface area contributed by atoms with Crippen LogP contribution in [0.2, 0.25) is 0 Å². The number of thiophene rings is 1. The molecule has 0 aliphatic heterocycles. The molecule has 2 rings (SSSR count). The van der Waals surface area contributed by atoms with Crippen molar-refractivity contribution in [3.05, 3.63) is 35.2 Å². The van der Waals surface area contributed by atoms with E-state index < -0.39 is 0 Å². The van der Waals surface area contributed by atoms with E-state index in [1.54, 1.807) is 23.3 Å². The lowest BCUT2D eigenvalue weighted by Crippen LogP contribution is -2.27. The topological polar surface area (TPSA) is 46.6 Å². The molecule has 20 heavy (non-hydrogen) atoms. The van der Waals surface area contributed by atoms with Gasteiger partial charge in [0, 0.05) is 35.5 Å². The van der Waals surface area contributed by atoms with E-state index in [1.165, 1.54) is 7.11 Å². The zero-order valence-electron chi connectivity index (χ0n) is 11.6. The van der Waals surface area contributed by atoms with Gasteiger partial charge in [-0.2, -0.15) is 0 Å². The molecule has 106 valence electrons. The molecule has 2 aromatic rings. The van der Waals surface area contributed by atoms with Crippen LogP contribution in [0.1, 0.15) is 23.2 Å². The largest absolute Gasteiger partial charge is 0.469 e. The summed E-state index contributed by atoms with van der Waals surface area (Å²) in [5.74, 6) is -0.251. The maximum absolute atomic E-state index is 12.4. The molecule has 1 amide bonds. The lowest BCUT2D eigenvalue weighted by atomic mass is 10.1. The monoisotopic (exact) mass is 291 g/mol. The first kappa shape index (κ1) is 14.5. The van der Waals surface area contributed by atoms with Crippen LogP contribution in [0, 0.1) is 0 Å². The van der Waals surface area contributed by atoms with E-state index in [2.05, 4.69) is 4.74 Å². The summed E-state index contributed by atoms with van der Waals surface area (Å²) in [6.45, 7) is 0.540. The van der Waals surface area contributed by atoms with E-state index in [1.807, 2.05) is 29.6 Å². The van der Waals surface area contributed by atoms with E-state index >= 15 is 0 Å². The maximum Gasteiger partial charge on any atom is 0.305 e. The summed E-state index contributed by atoms with van der Waals surface area (Å²) in [4.78, 5) is 25.1. The summed E-state index contributed by atoms with van der Waals surface area (Å²) in [5, 5.41) is 2.88. The highest BCUT2D eigenvalue weighted by atomic mass is 32.1. The van der Waals surface area contributed by atoms with E-state index in [-0.39, 0.29) is 11.9 Å². The molecule has 1 aromatic heterocycles. The predicted molar refractivity (Wildman–Crippen MR) is 80.0 cm³/mol. The van der Waals surface area contributed by atoms with Crippen LogP contribution in [0.5, 0.6) is 0 Å². The summed E-state index contributed by atoms with van der Waals surface area (Å²) in [5.41, 5.74) is 0.728. The van der Waals surface area contributed by atoms with Crippen molar-refractivity contribution in [1.82, 2.24) is 4.90 Å². The highest BCUT2D eigenvalue weighted by molar-refractivity contribution is 7.17. The van der Waals surface area contributed by atoms with Crippen LogP contribution < -0.4 is 0 Å². The first-order valence-corrected chi connectivity index (χ1v) is 7.30. The molecule has 0 unspecified atom stereocenters. The molecule has 0 aliphatic rings. The Balaban J connectivity index is 2.01. The quantitative estimate of drug-likeness (QED) is 0.796. The first-order valence-electron chi connectivity index (χ1n) is 6.42. The fourth-order valence-corrected chi connectivity index (χ4v) is 2.95. The Bertz CT molecular complexity index is 620. The molecule has 0 atom stereocenters. The zero-order valence-corrected chi connectivity index (χ0v) is 12.4. The fraction of sp³-hybridized carbons (Fsp3) is 0.333. The third kappa shape index (κ3) is 3.17. The van der Waals surface area contributed by atoms with Gasteiger partial charge in [0.15, 0.2) is 0 Å².